The fraction of sp³-hybridized carbons (Fsp3) is 0.350. The zero-order valence-corrected chi connectivity index (χ0v) is 17.3. The van der Waals surface area contributed by atoms with Crippen molar-refractivity contribution in [1.82, 2.24) is 29.2 Å². The Morgan fingerprint density at radius 1 is 0.821 bits per heavy atom. The zero-order valence-electron chi connectivity index (χ0n) is 15.7. The normalized spacial score (nSPS) is 10.8. The minimum atomic E-state index is 0. The molecule has 0 aliphatic heterocycles. The van der Waals surface area contributed by atoms with Gasteiger partial charge in [0.15, 0.2) is 17.6 Å². The van der Waals surface area contributed by atoms with Gasteiger partial charge in [-0.3, -0.25) is 13.6 Å². The van der Waals surface area contributed by atoms with Crippen molar-refractivity contribution in [3.63, 3.8) is 0 Å². The van der Waals surface area contributed by atoms with E-state index < -0.39 is 0 Å². The van der Waals surface area contributed by atoms with Crippen molar-refractivity contribution in [3.05, 3.63) is 58.3 Å². The monoisotopic (exact) mass is 444 g/mol. The van der Waals surface area contributed by atoms with Crippen LogP contribution in [0.4, 0.5) is 0 Å². The van der Waals surface area contributed by atoms with Gasteiger partial charge in [-0.1, -0.05) is 35.1 Å². The Labute approximate surface area is 173 Å². The van der Waals surface area contributed by atoms with Crippen LogP contribution < -0.4 is 0 Å². The molecule has 0 aliphatic rings. The van der Waals surface area contributed by atoms with Crippen molar-refractivity contribution >= 4 is 33.5 Å². The number of halogens is 1. The van der Waals surface area contributed by atoms with Gasteiger partial charge in [-0.25, -0.2) is 0 Å². The van der Waals surface area contributed by atoms with Gasteiger partial charge in [0.1, 0.15) is 11.6 Å². The predicted molar refractivity (Wildman–Crippen MR) is 114 cm³/mol. The second-order valence-electron chi connectivity index (χ2n) is 6.81. The average Bonchev–Trinajstić information content (AvgIpc) is 3.25. The molecule has 0 atom stereocenters. The van der Waals surface area contributed by atoms with E-state index in [1.54, 1.807) is 18.3 Å². The summed E-state index contributed by atoms with van der Waals surface area (Å²) < 4.78 is 4.91. The summed E-state index contributed by atoms with van der Waals surface area (Å²) in [6, 6.07) is 7.45. The van der Waals surface area contributed by atoms with E-state index in [-0.39, 0.29) is 7.43 Å². The Balaban J connectivity index is 0.000000194. The number of fused-ring (bicyclic) bond motifs is 2. The zero-order chi connectivity index (χ0) is 19.6. The van der Waals surface area contributed by atoms with Gasteiger partial charge in [0.25, 0.3) is 0 Å². The topological polar surface area (TPSA) is 77.4 Å². The lowest BCUT2D eigenvalue weighted by molar-refractivity contribution is 0.112. The van der Waals surface area contributed by atoms with Crippen molar-refractivity contribution in [2.45, 2.75) is 47.0 Å². The average molecular weight is 445 g/mol. The molecule has 8 heteroatoms. The summed E-state index contributed by atoms with van der Waals surface area (Å²) >= 11 is 3.42. The van der Waals surface area contributed by atoms with Gasteiger partial charge >= 0.3 is 0 Å². The van der Waals surface area contributed by atoms with E-state index in [0.29, 0.717) is 17.4 Å². The van der Waals surface area contributed by atoms with E-state index in [4.69, 9.17) is 0 Å². The molecule has 0 aromatic carbocycles. The molecule has 0 N–H and O–H groups in total. The van der Waals surface area contributed by atoms with Crippen LogP contribution in [-0.4, -0.2) is 35.5 Å². The third kappa shape index (κ3) is 4.44. The molecule has 0 saturated heterocycles. The molecule has 4 aromatic heterocycles. The van der Waals surface area contributed by atoms with Gasteiger partial charge in [-0.05, 0) is 40.2 Å². The van der Waals surface area contributed by atoms with Crippen LogP contribution in [-0.2, 0) is 0 Å². The largest absolute Gasteiger partial charge is 0.298 e. The summed E-state index contributed by atoms with van der Waals surface area (Å²) in [7, 11) is 0. The number of aromatic nitrogens is 6. The molecule has 0 amide bonds. The van der Waals surface area contributed by atoms with E-state index in [1.807, 2.05) is 41.0 Å². The van der Waals surface area contributed by atoms with Crippen molar-refractivity contribution < 1.29 is 4.79 Å². The number of aldehydes is 1. The standard InChI is InChI=1S/C10H11N3O.C9H10BrN3.CH4/c1-7(2)10-12-11-9-4-3-8(6-14)5-13(9)10;1-6(2)9-12-11-8-4-3-7(10)5-13(8)9;/h3-7H,1-2H3;3-6H,1-2H3;1H4. The molecule has 0 unspecified atom stereocenters. The molecular formula is C20H25BrN6O. The van der Waals surface area contributed by atoms with Crippen LogP contribution in [0.2, 0.25) is 0 Å². The maximum absolute atomic E-state index is 10.6. The first-order chi connectivity index (χ1) is 12.9. The summed E-state index contributed by atoms with van der Waals surface area (Å²) in [5, 5.41) is 16.3. The highest BCUT2D eigenvalue weighted by atomic mass is 79.9. The Kier molecular flexibility index (Phi) is 7.01. The molecule has 0 aliphatic carbocycles. The van der Waals surface area contributed by atoms with Crippen molar-refractivity contribution in [1.29, 1.82) is 0 Å². The first-order valence-corrected chi connectivity index (χ1v) is 9.50. The lowest BCUT2D eigenvalue weighted by atomic mass is 10.2. The number of nitrogens with zero attached hydrogens (tertiary/aromatic N) is 6. The smallest absolute Gasteiger partial charge is 0.160 e. The second-order valence-corrected chi connectivity index (χ2v) is 7.73. The van der Waals surface area contributed by atoms with Crippen molar-refractivity contribution in [2.24, 2.45) is 0 Å². The molecule has 0 bridgehead atoms. The van der Waals surface area contributed by atoms with Crippen LogP contribution in [0.3, 0.4) is 0 Å². The highest BCUT2D eigenvalue weighted by Crippen LogP contribution is 2.17. The van der Waals surface area contributed by atoms with E-state index in [2.05, 4.69) is 50.2 Å². The van der Waals surface area contributed by atoms with E-state index in [1.165, 1.54) is 0 Å². The fourth-order valence-corrected chi connectivity index (χ4v) is 3.00. The molecule has 0 saturated carbocycles. The summed E-state index contributed by atoms with van der Waals surface area (Å²) in [5.74, 6) is 2.57. The Morgan fingerprint density at radius 3 is 1.82 bits per heavy atom. The first-order valence-electron chi connectivity index (χ1n) is 8.70. The lowest BCUT2D eigenvalue weighted by Crippen LogP contribution is -1.97. The summed E-state index contributed by atoms with van der Waals surface area (Å²) in [5.41, 5.74) is 2.31. The minimum Gasteiger partial charge on any atom is -0.298 e. The van der Waals surface area contributed by atoms with Crippen LogP contribution in [0.1, 0.15) is 69.0 Å². The molecule has 7 nitrogen and oxygen atoms in total. The maximum atomic E-state index is 10.6. The first kappa shape index (κ1) is 21.7. The highest BCUT2D eigenvalue weighted by Gasteiger charge is 2.09. The predicted octanol–water partition coefficient (Wildman–Crippen LogP) is 4.92. The van der Waals surface area contributed by atoms with E-state index >= 15 is 0 Å². The van der Waals surface area contributed by atoms with Crippen molar-refractivity contribution in [2.75, 3.05) is 0 Å². The van der Waals surface area contributed by atoms with Crippen molar-refractivity contribution in [3.8, 4) is 0 Å². The molecule has 4 heterocycles. The molecule has 0 spiro atoms. The quantitative estimate of drug-likeness (QED) is 0.419. The molecule has 4 rings (SSSR count). The van der Waals surface area contributed by atoms with Gasteiger partial charge in [-0.15, -0.1) is 20.4 Å². The van der Waals surface area contributed by atoms with Gasteiger partial charge in [0.2, 0.25) is 0 Å². The van der Waals surface area contributed by atoms with Gasteiger partial charge in [-0.2, -0.15) is 0 Å². The van der Waals surface area contributed by atoms with Crippen LogP contribution in [0.25, 0.3) is 11.3 Å². The van der Waals surface area contributed by atoms with Gasteiger partial charge < -0.3 is 0 Å². The van der Waals surface area contributed by atoms with Gasteiger partial charge in [0, 0.05) is 34.3 Å². The molecule has 148 valence electrons. The summed E-state index contributed by atoms with van der Waals surface area (Å²) in [6.45, 7) is 8.31. The van der Waals surface area contributed by atoms with Crippen LogP contribution in [0, 0.1) is 0 Å². The summed E-state index contributed by atoms with van der Waals surface area (Å²) in [4.78, 5) is 10.6. The number of hydrogen-bond acceptors (Lipinski definition) is 5. The van der Waals surface area contributed by atoms with E-state index in [9.17, 15) is 4.79 Å². The second kappa shape index (κ2) is 9.05. The number of carbonyl (C=O) groups is 1. The number of hydrogen-bond donors (Lipinski definition) is 0. The lowest BCUT2D eigenvalue weighted by Gasteiger charge is -2.02. The van der Waals surface area contributed by atoms with E-state index in [0.717, 1.165) is 33.7 Å². The molecule has 0 radical (unpaired) electrons. The van der Waals surface area contributed by atoms with Crippen LogP contribution in [0.15, 0.2) is 41.1 Å². The minimum absolute atomic E-state index is 0. The van der Waals surface area contributed by atoms with Gasteiger partial charge in [0.05, 0.1) is 0 Å². The molecule has 28 heavy (non-hydrogen) atoms. The molecule has 4 aromatic rings. The number of pyridine rings is 2. The Morgan fingerprint density at radius 2 is 1.32 bits per heavy atom. The Hall–Kier alpha value is -2.61. The highest BCUT2D eigenvalue weighted by molar-refractivity contribution is 9.10. The summed E-state index contributed by atoms with van der Waals surface area (Å²) in [6.07, 6.45) is 4.58. The maximum Gasteiger partial charge on any atom is 0.160 e. The SMILES string of the molecule is C.CC(C)c1nnc2ccc(Br)cn12.CC(C)c1nnc2ccc(C=O)cn12. The van der Waals surface area contributed by atoms with Crippen LogP contribution >= 0.6 is 15.9 Å². The number of carbonyl (C=O) groups excluding carboxylic acids is 1. The van der Waals surface area contributed by atoms with Crippen LogP contribution in [0.5, 0.6) is 0 Å². The third-order valence-electron chi connectivity index (χ3n) is 4.01. The fourth-order valence-electron chi connectivity index (χ4n) is 2.66. The molecule has 0 fully saturated rings. The number of rotatable bonds is 3. The Bertz CT molecular complexity index is 1080. The third-order valence-corrected chi connectivity index (χ3v) is 4.48. The molecular weight excluding hydrogens is 420 g/mol.